The lowest BCUT2D eigenvalue weighted by Gasteiger charge is -2.04. The topological polar surface area (TPSA) is 52.9 Å². The molecule has 1 rings (SSSR count). The first-order valence-electron chi connectivity index (χ1n) is 7.21. The lowest BCUT2D eigenvalue weighted by atomic mass is 10.1. The third kappa shape index (κ3) is 6.53. The molecular formula is C16H22N2OS. The zero-order valence-corrected chi connectivity index (χ0v) is 12.8. The van der Waals surface area contributed by atoms with Gasteiger partial charge < -0.3 is 5.32 Å². The average molecular weight is 290 g/mol. The molecule has 0 saturated carbocycles. The van der Waals surface area contributed by atoms with Crippen molar-refractivity contribution in [1.82, 2.24) is 5.32 Å². The van der Waals surface area contributed by atoms with Crippen molar-refractivity contribution < 1.29 is 4.79 Å². The zero-order valence-electron chi connectivity index (χ0n) is 12.0. The molecule has 0 saturated heterocycles. The molecule has 0 aliphatic rings. The van der Waals surface area contributed by atoms with E-state index in [9.17, 15) is 4.79 Å². The molecule has 0 bridgehead atoms. The molecule has 0 spiro atoms. The molecule has 0 aliphatic carbocycles. The quantitative estimate of drug-likeness (QED) is 0.422. The van der Waals surface area contributed by atoms with Crippen LogP contribution in [0.4, 0.5) is 0 Å². The molecule has 1 N–H and O–H groups in total. The van der Waals surface area contributed by atoms with E-state index in [0.717, 1.165) is 17.7 Å². The minimum absolute atomic E-state index is 0.179. The van der Waals surface area contributed by atoms with Gasteiger partial charge >= 0.3 is 0 Å². The van der Waals surface area contributed by atoms with Crippen molar-refractivity contribution in [3.63, 3.8) is 0 Å². The van der Waals surface area contributed by atoms with Gasteiger partial charge in [-0.05, 0) is 23.9 Å². The van der Waals surface area contributed by atoms with E-state index < -0.39 is 0 Å². The van der Waals surface area contributed by atoms with E-state index in [4.69, 9.17) is 5.26 Å². The summed E-state index contributed by atoms with van der Waals surface area (Å²) < 4.78 is 0. The summed E-state index contributed by atoms with van der Waals surface area (Å²) in [7, 11) is 0. The Morgan fingerprint density at radius 3 is 2.75 bits per heavy atom. The smallest absolute Gasteiger partial charge is 0.261 e. The Balaban J connectivity index is 2.26. The summed E-state index contributed by atoms with van der Waals surface area (Å²) in [4.78, 5) is 12.8. The first-order valence-corrected chi connectivity index (χ1v) is 8.09. The summed E-state index contributed by atoms with van der Waals surface area (Å²) in [5.74, 6) is -0.269. The van der Waals surface area contributed by atoms with Crippen LogP contribution in [0.5, 0.6) is 0 Å². The van der Waals surface area contributed by atoms with Crippen LogP contribution in [0.15, 0.2) is 23.1 Å². The normalized spacial score (nSPS) is 11.1. The number of carbonyl (C=O) groups excluding carboxylic acids is 1. The minimum atomic E-state index is -0.269. The first kappa shape index (κ1) is 16.5. The van der Waals surface area contributed by atoms with Crippen molar-refractivity contribution in [1.29, 1.82) is 5.26 Å². The highest BCUT2D eigenvalue weighted by molar-refractivity contribution is 7.10. The van der Waals surface area contributed by atoms with Crippen LogP contribution in [0.3, 0.4) is 0 Å². The molecule has 0 radical (unpaired) electrons. The van der Waals surface area contributed by atoms with Gasteiger partial charge in [0.2, 0.25) is 0 Å². The van der Waals surface area contributed by atoms with Crippen LogP contribution in [0.25, 0.3) is 6.08 Å². The largest absolute Gasteiger partial charge is 0.351 e. The maximum absolute atomic E-state index is 11.8. The van der Waals surface area contributed by atoms with Gasteiger partial charge in [0.1, 0.15) is 11.6 Å². The number of rotatable bonds is 9. The number of hydrogen-bond acceptors (Lipinski definition) is 3. The Kier molecular flexibility index (Phi) is 8.41. The molecule has 0 unspecified atom stereocenters. The number of amides is 1. The Bertz CT molecular complexity index is 457. The predicted octanol–water partition coefficient (Wildman–Crippen LogP) is 4.13. The van der Waals surface area contributed by atoms with Gasteiger partial charge in [0, 0.05) is 11.4 Å². The van der Waals surface area contributed by atoms with Crippen molar-refractivity contribution in [2.24, 2.45) is 0 Å². The van der Waals surface area contributed by atoms with Gasteiger partial charge in [0.05, 0.1) is 0 Å². The second-order valence-electron chi connectivity index (χ2n) is 4.71. The van der Waals surface area contributed by atoms with E-state index in [1.807, 2.05) is 23.6 Å². The fourth-order valence-electron chi connectivity index (χ4n) is 1.87. The predicted molar refractivity (Wildman–Crippen MR) is 84.3 cm³/mol. The van der Waals surface area contributed by atoms with Crippen LogP contribution < -0.4 is 5.32 Å². The maximum Gasteiger partial charge on any atom is 0.261 e. The van der Waals surface area contributed by atoms with Crippen molar-refractivity contribution in [3.8, 4) is 6.07 Å². The van der Waals surface area contributed by atoms with Crippen LogP contribution in [0, 0.1) is 11.3 Å². The summed E-state index contributed by atoms with van der Waals surface area (Å²) in [6, 6.07) is 5.76. The minimum Gasteiger partial charge on any atom is -0.351 e. The Hall–Kier alpha value is -1.60. The number of thiophene rings is 1. The molecule has 1 aromatic heterocycles. The van der Waals surface area contributed by atoms with Gasteiger partial charge in [0.15, 0.2) is 0 Å². The molecule has 0 aromatic carbocycles. The van der Waals surface area contributed by atoms with Crippen molar-refractivity contribution in [2.75, 3.05) is 6.54 Å². The van der Waals surface area contributed by atoms with Gasteiger partial charge in [-0.15, -0.1) is 11.3 Å². The molecule has 1 aromatic rings. The second kappa shape index (κ2) is 10.2. The van der Waals surface area contributed by atoms with Gasteiger partial charge in [-0.3, -0.25) is 4.79 Å². The molecule has 108 valence electrons. The molecule has 0 atom stereocenters. The number of nitrogens with one attached hydrogen (secondary N) is 1. The fraction of sp³-hybridized carbons (Fsp3) is 0.500. The molecule has 1 amide bonds. The molecule has 0 fully saturated rings. The van der Waals surface area contributed by atoms with Gasteiger partial charge in [-0.25, -0.2) is 0 Å². The average Bonchev–Trinajstić information content (AvgIpc) is 2.96. The fourth-order valence-corrected chi connectivity index (χ4v) is 2.52. The summed E-state index contributed by atoms with van der Waals surface area (Å²) in [5, 5.41) is 13.8. The van der Waals surface area contributed by atoms with Crippen molar-refractivity contribution in [2.45, 2.75) is 45.4 Å². The third-order valence-electron chi connectivity index (χ3n) is 3.01. The van der Waals surface area contributed by atoms with E-state index in [2.05, 4.69) is 12.2 Å². The first-order chi connectivity index (χ1) is 9.77. The molecule has 3 nitrogen and oxygen atoms in total. The summed E-state index contributed by atoms with van der Waals surface area (Å²) >= 11 is 1.52. The van der Waals surface area contributed by atoms with Gasteiger partial charge in [-0.2, -0.15) is 5.26 Å². The van der Waals surface area contributed by atoms with Crippen molar-refractivity contribution >= 4 is 23.3 Å². The number of nitrogens with zero attached hydrogens (tertiary/aromatic N) is 1. The van der Waals surface area contributed by atoms with Crippen molar-refractivity contribution in [3.05, 3.63) is 28.0 Å². The highest BCUT2D eigenvalue weighted by atomic mass is 32.1. The molecular weight excluding hydrogens is 268 g/mol. The highest BCUT2D eigenvalue weighted by Crippen LogP contribution is 2.13. The van der Waals surface area contributed by atoms with E-state index in [0.29, 0.717) is 6.54 Å². The van der Waals surface area contributed by atoms with E-state index in [1.165, 1.54) is 37.0 Å². The molecule has 1 heterocycles. The SMILES string of the molecule is CCCCCCCCNC(=O)C(C#N)=Cc1cccs1. The van der Waals surface area contributed by atoms with E-state index in [1.54, 1.807) is 6.08 Å². The Morgan fingerprint density at radius 1 is 1.35 bits per heavy atom. The number of unbranched alkanes of at least 4 members (excludes halogenated alkanes) is 5. The van der Waals surface area contributed by atoms with Crippen LogP contribution in [0.1, 0.15) is 50.3 Å². The van der Waals surface area contributed by atoms with Gasteiger partial charge in [0.25, 0.3) is 5.91 Å². The maximum atomic E-state index is 11.8. The Morgan fingerprint density at radius 2 is 2.10 bits per heavy atom. The summed E-state index contributed by atoms with van der Waals surface area (Å²) in [6.07, 6.45) is 8.78. The van der Waals surface area contributed by atoms with E-state index in [-0.39, 0.29) is 11.5 Å². The van der Waals surface area contributed by atoms with Crippen LogP contribution in [0.2, 0.25) is 0 Å². The third-order valence-corrected chi connectivity index (χ3v) is 3.83. The number of hydrogen-bond donors (Lipinski definition) is 1. The molecule has 4 heteroatoms. The zero-order chi connectivity index (χ0) is 14.6. The van der Waals surface area contributed by atoms with Gasteiger partial charge in [-0.1, -0.05) is 45.1 Å². The van der Waals surface area contributed by atoms with Crippen LogP contribution in [-0.4, -0.2) is 12.5 Å². The molecule has 0 aliphatic heterocycles. The lowest BCUT2D eigenvalue weighted by Crippen LogP contribution is -2.25. The second-order valence-corrected chi connectivity index (χ2v) is 5.69. The summed E-state index contributed by atoms with van der Waals surface area (Å²) in [6.45, 7) is 2.85. The monoisotopic (exact) mass is 290 g/mol. The number of carbonyl (C=O) groups is 1. The van der Waals surface area contributed by atoms with Crippen LogP contribution >= 0.6 is 11.3 Å². The molecule has 20 heavy (non-hydrogen) atoms. The van der Waals surface area contributed by atoms with Crippen LogP contribution in [-0.2, 0) is 4.79 Å². The lowest BCUT2D eigenvalue weighted by molar-refractivity contribution is -0.117. The summed E-state index contributed by atoms with van der Waals surface area (Å²) in [5.41, 5.74) is 0.179. The standard InChI is InChI=1S/C16H22N2OS/c1-2-3-4-5-6-7-10-18-16(19)14(13-17)12-15-9-8-11-20-15/h8-9,11-12H,2-7,10H2,1H3,(H,18,19). The van der Waals surface area contributed by atoms with E-state index >= 15 is 0 Å². The Labute approximate surface area is 125 Å². The number of nitriles is 1. The highest BCUT2D eigenvalue weighted by Gasteiger charge is 2.08.